The van der Waals surface area contributed by atoms with E-state index in [2.05, 4.69) is 38.9 Å². The van der Waals surface area contributed by atoms with Crippen LogP contribution in [0.2, 0.25) is 5.02 Å². The number of esters is 1. The van der Waals surface area contributed by atoms with E-state index in [1.807, 2.05) is 30.3 Å². The molecule has 0 aliphatic carbocycles. The van der Waals surface area contributed by atoms with Crippen molar-refractivity contribution in [2.45, 2.75) is 6.61 Å². The monoisotopic (exact) mass is 430 g/mol. The quantitative estimate of drug-likeness (QED) is 0.366. The minimum Gasteiger partial charge on any atom is -0.486 e. The Labute approximate surface area is 165 Å². The molecule has 0 heterocycles. The Hall–Kier alpha value is -2.30. The van der Waals surface area contributed by atoms with Crippen molar-refractivity contribution in [2.75, 3.05) is 7.11 Å². The van der Waals surface area contributed by atoms with Gasteiger partial charge in [-0.2, -0.15) is 0 Å². The summed E-state index contributed by atoms with van der Waals surface area (Å²) in [5.74, 6) is 0.142. The summed E-state index contributed by atoms with van der Waals surface area (Å²) in [6.45, 7) is 0.400. The summed E-state index contributed by atoms with van der Waals surface area (Å²) in [6, 6.07) is 17.9. The molecule has 3 nitrogen and oxygen atoms in total. The maximum atomic E-state index is 11.2. The summed E-state index contributed by atoms with van der Waals surface area (Å²) >= 11 is 9.85. The fraction of sp³-hybridized carbons (Fsp3) is 0.0952. The van der Waals surface area contributed by atoms with E-state index in [1.165, 1.54) is 18.6 Å². The highest BCUT2D eigenvalue weighted by atomic mass is 79.9. The molecule has 0 radical (unpaired) electrons. The molecule has 0 aromatic heterocycles. The van der Waals surface area contributed by atoms with E-state index >= 15 is 0 Å². The van der Waals surface area contributed by atoms with Crippen LogP contribution in [0.1, 0.15) is 11.1 Å². The molecule has 0 aliphatic rings. The van der Waals surface area contributed by atoms with E-state index in [1.54, 1.807) is 12.1 Å². The van der Waals surface area contributed by atoms with Gasteiger partial charge < -0.3 is 9.47 Å². The van der Waals surface area contributed by atoms with Crippen molar-refractivity contribution in [3.8, 4) is 5.75 Å². The Kier molecular flexibility index (Phi) is 5.96. The lowest BCUT2D eigenvalue weighted by Gasteiger charge is -2.12. The van der Waals surface area contributed by atoms with Gasteiger partial charge in [-0.25, -0.2) is 4.79 Å². The lowest BCUT2D eigenvalue weighted by molar-refractivity contribution is -0.134. The maximum Gasteiger partial charge on any atom is 0.330 e. The highest BCUT2D eigenvalue weighted by Crippen LogP contribution is 2.35. The lowest BCUT2D eigenvalue weighted by Crippen LogP contribution is -1.98. The first-order valence-corrected chi connectivity index (χ1v) is 9.10. The van der Waals surface area contributed by atoms with E-state index in [4.69, 9.17) is 16.3 Å². The number of carbonyl (C=O) groups excluding carboxylic acids is 1. The van der Waals surface area contributed by atoms with Crippen molar-refractivity contribution >= 4 is 50.3 Å². The van der Waals surface area contributed by atoms with Crippen LogP contribution in [-0.4, -0.2) is 13.1 Å². The van der Waals surface area contributed by atoms with Gasteiger partial charge in [0.05, 0.1) is 16.6 Å². The summed E-state index contributed by atoms with van der Waals surface area (Å²) in [5, 5.41) is 2.78. The third-order valence-corrected chi connectivity index (χ3v) is 4.76. The van der Waals surface area contributed by atoms with Crippen LogP contribution in [0.25, 0.3) is 16.8 Å². The largest absolute Gasteiger partial charge is 0.486 e. The van der Waals surface area contributed by atoms with Gasteiger partial charge >= 0.3 is 5.97 Å². The molecule has 0 aliphatic heterocycles. The van der Waals surface area contributed by atoms with Crippen LogP contribution in [0.5, 0.6) is 5.75 Å². The first kappa shape index (κ1) is 18.5. The highest BCUT2D eigenvalue weighted by molar-refractivity contribution is 9.10. The second-order valence-corrected chi connectivity index (χ2v) is 6.86. The van der Waals surface area contributed by atoms with Gasteiger partial charge in [0.1, 0.15) is 6.61 Å². The molecule has 0 saturated heterocycles. The zero-order chi connectivity index (χ0) is 18.5. The first-order valence-electron chi connectivity index (χ1n) is 7.93. The number of halogens is 2. The number of carbonyl (C=O) groups is 1. The molecule has 0 spiro atoms. The van der Waals surface area contributed by atoms with E-state index < -0.39 is 5.97 Å². The SMILES string of the molecule is COC(=O)/C=C/c1cc(Cl)c(OCc2cccc3ccccc23)c(Br)c1. The number of rotatable bonds is 5. The van der Waals surface area contributed by atoms with Crippen LogP contribution in [-0.2, 0) is 16.1 Å². The summed E-state index contributed by atoms with van der Waals surface area (Å²) in [6.07, 6.45) is 2.98. The Morgan fingerprint density at radius 3 is 2.69 bits per heavy atom. The minimum absolute atomic E-state index is 0.400. The molecule has 0 fully saturated rings. The van der Waals surface area contributed by atoms with Gasteiger partial charge in [-0.3, -0.25) is 0 Å². The third kappa shape index (κ3) is 4.26. The van der Waals surface area contributed by atoms with Gasteiger partial charge in [0.15, 0.2) is 5.75 Å². The molecule has 0 atom stereocenters. The van der Waals surface area contributed by atoms with Crippen molar-refractivity contribution in [2.24, 2.45) is 0 Å². The number of benzene rings is 3. The molecular weight excluding hydrogens is 416 g/mol. The average molecular weight is 432 g/mol. The van der Waals surface area contributed by atoms with Gasteiger partial charge in [-0.05, 0) is 56.0 Å². The van der Waals surface area contributed by atoms with Crippen LogP contribution in [0.3, 0.4) is 0 Å². The Morgan fingerprint density at radius 2 is 1.92 bits per heavy atom. The molecule has 3 aromatic carbocycles. The van der Waals surface area contributed by atoms with E-state index in [-0.39, 0.29) is 0 Å². The second kappa shape index (κ2) is 8.39. The summed E-state index contributed by atoms with van der Waals surface area (Å²) in [4.78, 5) is 11.2. The normalized spacial score (nSPS) is 11.0. The zero-order valence-electron chi connectivity index (χ0n) is 14.0. The Balaban J connectivity index is 1.82. The number of ether oxygens (including phenoxy) is 2. The molecule has 0 N–H and O–H groups in total. The van der Waals surface area contributed by atoms with Crippen LogP contribution in [0, 0.1) is 0 Å². The van der Waals surface area contributed by atoms with Crippen LogP contribution < -0.4 is 4.74 Å². The van der Waals surface area contributed by atoms with Crippen LogP contribution in [0.4, 0.5) is 0 Å². The zero-order valence-corrected chi connectivity index (χ0v) is 16.4. The average Bonchev–Trinajstić information content (AvgIpc) is 2.65. The van der Waals surface area contributed by atoms with E-state index in [0.717, 1.165) is 21.0 Å². The van der Waals surface area contributed by atoms with Crippen LogP contribution >= 0.6 is 27.5 Å². The molecule has 0 saturated carbocycles. The number of fused-ring (bicyclic) bond motifs is 1. The minimum atomic E-state index is -0.423. The molecular formula is C21H16BrClO3. The van der Waals surface area contributed by atoms with E-state index in [0.29, 0.717) is 17.4 Å². The molecule has 0 bridgehead atoms. The summed E-state index contributed by atoms with van der Waals surface area (Å²) in [5.41, 5.74) is 1.85. The molecule has 5 heteroatoms. The Bertz CT molecular complexity index is 954. The highest BCUT2D eigenvalue weighted by Gasteiger charge is 2.10. The number of hydrogen-bond donors (Lipinski definition) is 0. The summed E-state index contributed by atoms with van der Waals surface area (Å²) < 4.78 is 11.3. The first-order chi connectivity index (χ1) is 12.6. The fourth-order valence-electron chi connectivity index (χ4n) is 2.61. The predicted molar refractivity (Wildman–Crippen MR) is 108 cm³/mol. The van der Waals surface area contributed by atoms with Crippen molar-refractivity contribution < 1.29 is 14.3 Å². The third-order valence-electron chi connectivity index (χ3n) is 3.89. The van der Waals surface area contributed by atoms with Crippen molar-refractivity contribution in [1.82, 2.24) is 0 Å². The van der Waals surface area contributed by atoms with Gasteiger partial charge in [0, 0.05) is 6.08 Å². The smallest absolute Gasteiger partial charge is 0.330 e. The van der Waals surface area contributed by atoms with Gasteiger partial charge in [0.2, 0.25) is 0 Å². The molecule has 3 aromatic rings. The standard InChI is InChI=1S/C21H16BrClO3/c1-25-20(24)10-9-14-11-18(22)21(19(23)12-14)26-13-16-7-4-6-15-5-2-3-8-17(15)16/h2-12H,13H2,1H3/b10-9+. The predicted octanol–water partition coefficient (Wildman–Crippen LogP) is 6.02. The number of methoxy groups -OCH3 is 1. The molecule has 0 unspecified atom stereocenters. The van der Waals surface area contributed by atoms with Crippen molar-refractivity contribution in [1.29, 1.82) is 0 Å². The number of hydrogen-bond acceptors (Lipinski definition) is 3. The van der Waals surface area contributed by atoms with Crippen LogP contribution in [0.15, 0.2) is 65.1 Å². The summed E-state index contributed by atoms with van der Waals surface area (Å²) in [7, 11) is 1.33. The van der Waals surface area contributed by atoms with Gasteiger partial charge in [-0.15, -0.1) is 0 Å². The fourth-order valence-corrected chi connectivity index (χ4v) is 3.60. The molecule has 0 amide bonds. The topological polar surface area (TPSA) is 35.5 Å². The van der Waals surface area contributed by atoms with E-state index in [9.17, 15) is 4.79 Å². The van der Waals surface area contributed by atoms with Crippen molar-refractivity contribution in [3.05, 3.63) is 81.3 Å². The second-order valence-electron chi connectivity index (χ2n) is 5.60. The van der Waals surface area contributed by atoms with Crippen molar-refractivity contribution in [3.63, 3.8) is 0 Å². The van der Waals surface area contributed by atoms with Gasteiger partial charge in [0.25, 0.3) is 0 Å². The Morgan fingerprint density at radius 1 is 1.15 bits per heavy atom. The van der Waals surface area contributed by atoms with Gasteiger partial charge in [-0.1, -0.05) is 54.1 Å². The molecule has 3 rings (SSSR count). The lowest BCUT2D eigenvalue weighted by atomic mass is 10.1. The molecule has 132 valence electrons. The maximum absolute atomic E-state index is 11.2. The molecule has 26 heavy (non-hydrogen) atoms.